The number of carbonyl (C=O) groups excluding carboxylic acids is 1. The van der Waals surface area contributed by atoms with Crippen molar-refractivity contribution in [1.82, 2.24) is 10.3 Å². The van der Waals surface area contributed by atoms with Gasteiger partial charge in [-0.15, -0.1) is 0 Å². The van der Waals surface area contributed by atoms with E-state index in [-0.39, 0.29) is 11.5 Å². The normalized spacial score (nSPS) is 16.9. The van der Waals surface area contributed by atoms with Crippen LogP contribution in [0.2, 0.25) is 0 Å². The molecule has 0 aliphatic carbocycles. The predicted octanol–water partition coefficient (Wildman–Crippen LogP) is 4.00. The zero-order chi connectivity index (χ0) is 18.6. The van der Waals surface area contributed by atoms with Crippen LogP contribution in [-0.4, -0.2) is 24.1 Å². The summed E-state index contributed by atoms with van der Waals surface area (Å²) >= 11 is 0. The number of hydrogen-bond donors (Lipinski definition) is 1. The molecule has 0 bridgehead atoms. The third-order valence-electron chi connectivity index (χ3n) is 4.54. The second kappa shape index (κ2) is 7.86. The Hall–Kier alpha value is -2.41. The van der Waals surface area contributed by atoms with Crippen LogP contribution in [0.15, 0.2) is 48.8 Å². The van der Waals surface area contributed by atoms with E-state index in [9.17, 15) is 18.0 Å². The largest absolute Gasteiger partial charge is 0.417 e. The van der Waals surface area contributed by atoms with Gasteiger partial charge in [0.25, 0.3) is 5.91 Å². The van der Waals surface area contributed by atoms with Crippen molar-refractivity contribution in [3.63, 3.8) is 0 Å². The number of halogens is 3. The Kier molecular flexibility index (Phi) is 5.56. The fourth-order valence-electron chi connectivity index (χ4n) is 3.23. The Morgan fingerprint density at radius 2 is 1.88 bits per heavy atom. The summed E-state index contributed by atoms with van der Waals surface area (Å²) in [6.45, 7) is 1.13. The second-order valence-corrected chi connectivity index (χ2v) is 6.23. The minimum Gasteiger partial charge on any atom is -0.381 e. The van der Waals surface area contributed by atoms with Crippen LogP contribution >= 0.6 is 0 Å². The molecule has 4 nitrogen and oxygen atoms in total. The summed E-state index contributed by atoms with van der Waals surface area (Å²) in [6.07, 6.45) is 0.110. The topological polar surface area (TPSA) is 51.2 Å². The molecule has 0 unspecified atom stereocenters. The van der Waals surface area contributed by atoms with Gasteiger partial charge >= 0.3 is 6.18 Å². The number of ether oxygens (including phenoxy) is 1. The molecular formula is C19H19F3N2O2. The molecule has 1 aromatic carbocycles. The first-order valence-electron chi connectivity index (χ1n) is 8.41. The Bertz CT molecular complexity index is 744. The molecule has 3 rings (SSSR count). The summed E-state index contributed by atoms with van der Waals surface area (Å²) in [5.74, 6) is -0.659. The minimum absolute atomic E-state index is 0.0787. The molecule has 138 valence electrons. The van der Waals surface area contributed by atoms with E-state index in [2.05, 4.69) is 10.3 Å². The average Bonchev–Trinajstić information content (AvgIpc) is 2.66. The highest BCUT2D eigenvalue weighted by atomic mass is 19.4. The number of nitrogens with zero attached hydrogens (tertiary/aromatic N) is 1. The number of nitrogens with one attached hydrogen (secondary N) is 1. The quantitative estimate of drug-likeness (QED) is 0.892. The maximum absolute atomic E-state index is 13.2. The summed E-state index contributed by atoms with van der Waals surface area (Å²) in [6, 6.07) is 7.97. The van der Waals surface area contributed by atoms with E-state index in [4.69, 9.17) is 4.74 Å². The van der Waals surface area contributed by atoms with Crippen LogP contribution in [0.25, 0.3) is 0 Å². The molecule has 0 saturated carbocycles. The van der Waals surface area contributed by atoms with Crippen molar-refractivity contribution < 1.29 is 22.7 Å². The number of benzene rings is 1. The summed E-state index contributed by atoms with van der Waals surface area (Å²) in [7, 11) is 0. The van der Waals surface area contributed by atoms with Gasteiger partial charge in [-0.2, -0.15) is 13.2 Å². The highest BCUT2D eigenvalue weighted by Gasteiger charge is 2.36. The van der Waals surface area contributed by atoms with Gasteiger partial charge < -0.3 is 10.1 Å². The van der Waals surface area contributed by atoms with E-state index in [1.54, 1.807) is 18.5 Å². The Balaban J connectivity index is 1.89. The third kappa shape index (κ3) is 4.22. The van der Waals surface area contributed by atoms with Crippen molar-refractivity contribution >= 4 is 5.91 Å². The number of hydrogen-bond acceptors (Lipinski definition) is 3. The average molecular weight is 364 g/mol. The summed E-state index contributed by atoms with van der Waals surface area (Å²) in [5.41, 5.74) is -0.535. The van der Waals surface area contributed by atoms with Crippen LogP contribution in [0.4, 0.5) is 13.2 Å². The van der Waals surface area contributed by atoms with Crippen LogP contribution in [0.5, 0.6) is 0 Å². The molecule has 0 radical (unpaired) electrons. The van der Waals surface area contributed by atoms with Crippen molar-refractivity contribution in [1.29, 1.82) is 0 Å². The van der Waals surface area contributed by atoms with Crippen molar-refractivity contribution in [2.24, 2.45) is 5.92 Å². The highest BCUT2D eigenvalue weighted by molar-refractivity contribution is 5.96. The Morgan fingerprint density at radius 3 is 2.54 bits per heavy atom. The third-order valence-corrected chi connectivity index (χ3v) is 4.54. The lowest BCUT2D eigenvalue weighted by Gasteiger charge is -2.31. The molecule has 1 saturated heterocycles. The first-order chi connectivity index (χ1) is 12.5. The molecule has 1 aliphatic heterocycles. The van der Waals surface area contributed by atoms with Gasteiger partial charge in [-0.25, -0.2) is 0 Å². The second-order valence-electron chi connectivity index (χ2n) is 6.23. The first-order valence-corrected chi connectivity index (χ1v) is 8.41. The number of rotatable bonds is 4. The molecule has 1 N–H and O–H groups in total. The highest BCUT2D eigenvalue weighted by Crippen LogP contribution is 2.33. The van der Waals surface area contributed by atoms with Crippen molar-refractivity contribution in [3.8, 4) is 0 Å². The lowest BCUT2D eigenvalue weighted by atomic mass is 9.87. The van der Waals surface area contributed by atoms with Crippen LogP contribution in [0, 0.1) is 5.92 Å². The molecule has 1 atom stereocenters. The molecule has 26 heavy (non-hydrogen) atoms. The van der Waals surface area contributed by atoms with Crippen LogP contribution < -0.4 is 5.32 Å². The van der Waals surface area contributed by atoms with Gasteiger partial charge in [0.05, 0.1) is 17.2 Å². The van der Waals surface area contributed by atoms with E-state index in [1.807, 2.05) is 6.07 Å². The molecule has 2 heterocycles. The molecule has 1 aromatic heterocycles. The van der Waals surface area contributed by atoms with E-state index in [1.165, 1.54) is 18.2 Å². The zero-order valence-corrected chi connectivity index (χ0v) is 14.0. The predicted molar refractivity (Wildman–Crippen MR) is 89.4 cm³/mol. The Labute approximate surface area is 149 Å². The van der Waals surface area contributed by atoms with Crippen molar-refractivity contribution in [2.75, 3.05) is 13.2 Å². The van der Waals surface area contributed by atoms with Gasteiger partial charge in [-0.3, -0.25) is 9.78 Å². The zero-order valence-electron chi connectivity index (χ0n) is 14.0. The molecular weight excluding hydrogens is 345 g/mol. The Morgan fingerprint density at radius 1 is 1.15 bits per heavy atom. The number of aromatic nitrogens is 1. The minimum atomic E-state index is -4.59. The SMILES string of the molecule is O=C(N[C@H](c1cccnc1)C1CCOCC1)c1ccccc1C(F)(F)F. The molecule has 2 aromatic rings. The number of carbonyl (C=O) groups is 1. The summed E-state index contributed by atoms with van der Waals surface area (Å²) in [5, 5.41) is 2.80. The van der Waals surface area contributed by atoms with Crippen molar-refractivity contribution in [2.45, 2.75) is 25.1 Å². The standard InChI is InChI=1S/C19H19F3N2O2/c20-19(21,22)16-6-2-1-5-15(16)18(25)24-17(13-7-10-26-11-8-13)14-4-3-9-23-12-14/h1-6,9,12-13,17H,7-8,10-11H2,(H,24,25)/t17-/m0/s1. The maximum atomic E-state index is 13.2. The van der Waals surface area contributed by atoms with Crippen LogP contribution in [-0.2, 0) is 10.9 Å². The summed E-state index contributed by atoms with van der Waals surface area (Å²) < 4.78 is 45.0. The monoisotopic (exact) mass is 364 g/mol. The molecule has 1 amide bonds. The van der Waals surface area contributed by atoms with E-state index in [0.717, 1.165) is 24.5 Å². The van der Waals surface area contributed by atoms with Crippen LogP contribution in [0.1, 0.15) is 40.4 Å². The van der Waals surface area contributed by atoms with Crippen LogP contribution in [0.3, 0.4) is 0 Å². The first kappa shape index (κ1) is 18.4. The number of pyridine rings is 1. The fourth-order valence-corrected chi connectivity index (χ4v) is 3.23. The van der Waals surface area contributed by atoms with E-state index >= 15 is 0 Å². The van der Waals surface area contributed by atoms with Gasteiger partial charge in [0.15, 0.2) is 0 Å². The van der Waals surface area contributed by atoms with Crippen molar-refractivity contribution in [3.05, 3.63) is 65.5 Å². The lowest BCUT2D eigenvalue weighted by Crippen LogP contribution is -2.36. The van der Waals surface area contributed by atoms with E-state index in [0.29, 0.717) is 13.2 Å². The fraction of sp³-hybridized carbons (Fsp3) is 0.368. The smallest absolute Gasteiger partial charge is 0.381 e. The lowest BCUT2D eigenvalue weighted by molar-refractivity contribution is -0.137. The van der Waals surface area contributed by atoms with Gasteiger partial charge in [0, 0.05) is 25.6 Å². The van der Waals surface area contributed by atoms with Gasteiger partial charge in [0.2, 0.25) is 0 Å². The number of amides is 1. The van der Waals surface area contributed by atoms with Gasteiger partial charge in [0.1, 0.15) is 0 Å². The molecule has 7 heteroatoms. The summed E-state index contributed by atoms with van der Waals surface area (Å²) in [4.78, 5) is 16.8. The molecule has 1 fully saturated rings. The molecule has 1 aliphatic rings. The number of alkyl halides is 3. The maximum Gasteiger partial charge on any atom is 0.417 e. The molecule has 0 spiro atoms. The van der Waals surface area contributed by atoms with Gasteiger partial charge in [-0.05, 0) is 42.5 Å². The van der Waals surface area contributed by atoms with E-state index < -0.39 is 23.7 Å². The van der Waals surface area contributed by atoms with Gasteiger partial charge in [-0.1, -0.05) is 18.2 Å².